The number of rotatable bonds is 1. The Morgan fingerprint density at radius 2 is 1.57 bits per heavy atom. The maximum absolute atomic E-state index is 3.30. The van der Waals surface area contributed by atoms with Gasteiger partial charge in [0, 0.05) is 0 Å². The van der Waals surface area contributed by atoms with Crippen molar-refractivity contribution in [2.45, 2.75) is 26.7 Å². The minimum absolute atomic E-state index is 1.05. The van der Waals surface area contributed by atoms with E-state index in [-0.39, 0.29) is 0 Å². The van der Waals surface area contributed by atoms with Crippen LogP contribution in [0.2, 0.25) is 0 Å². The summed E-state index contributed by atoms with van der Waals surface area (Å²) in [6.45, 7) is 4.18. The molecule has 0 aromatic heterocycles. The molecule has 2 aliphatic carbocycles. The van der Waals surface area contributed by atoms with Gasteiger partial charge < -0.3 is 0 Å². The van der Waals surface area contributed by atoms with Gasteiger partial charge in [-0.05, 0) is 6.42 Å². The third-order valence-electron chi connectivity index (χ3n) is 4.71. The van der Waals surface area contributed by atoms with E-state index in [2.05, 4.69) is 96.4 Å². The first-order valence-corrected chi connectivity index (χ1v) is 11.0. The smallest absolute Gasteiger partial charge is 0.0253 e. The molecule has 3 aromatic rings. The summed E-state index contributed by atoms with van der Waals surface area (Å²) in [6, 6.07) is 28.5. The summed E-state index contributed by atoms with van der Waals surface area (Å²) in [5.41, 5.74) is 9.48. The molecule has 0 fully saturated rings. The molecule has 0 amide bonds. The molecule has 0 N–H and O–H groups in total. The molecule has 136 valence electrons. The van der Waals surface area contributed by atoms with Crippen LogP contribution in [0.3, 0.4) is 0 Å². The van der Waals surface area contributed by atoms with Crippen LogP contribution in [-0.4, -0.2) is 3.71 Å². The molecular weight excluding hydrogens is 416 g/mol. The summed E-state index contributed by atoms with van der Waals surface area (Å²) in [7, 11) is 0. The number of fused-ring (bicyclic) bond motifs is 3. The van der Waals surface area contributed by atoms with Crippen molar-refractivity contribution in [3.63, 3.8) is 0 Å². The summed E-state index contributed by atoms with van der Waals surface area (Å²) in [6.07, 6.45) is 7.55. The Balaban J connectivity index is 0.000000130. The normalized spacial score (nSPS) is 13.0. The van der Waals surface area contributed by atoms with Crippen LogP contribution in [0.4, 0.5) is 0 Å². The second kappa shape index (κ2) is 10.4. The minimum Gasteiger partial charge on any atom is -0.179 e. The van der Waals surface area contributed by atoms with Gasteiger partial charge in [0.25, 0.3) is 0 Å². The Labute approximate surface area is 184 Å². The predicted molar refractivity (Wildman–Crippen MR) is 116 cm³/mol. The molecule has 0 radical (unpaired) electrons. The monoisotopic (exact) mass is 438 g/mol. The molecule has 0 saturated carbocycles. The third kappa shape index (κ3) is 5.69. The van der Waals surface area contributed by atoms with Crippen molar-refractivity contribution < 1.29 is 24.2 Å². The summed E-state index contributed by atoms with van der Waals surface area (Å²) >= 11 is 1.46. The van der Waals surface area contributed by atoms with E-state index < -0.39 is 0 Å². The van der Waals surface area contributed by atoms with Gasteiger partial charge in [0.05, 0.1) is 0 Å². The molecule has 3 aromatic carbocycles. The van der Waals surface area contributed by atoms with Gasteiger partial charge in [-0.1, -0.05) is 55.7 Å². The molecule has 0 saturated heterocycles. The van der Waals surface area contributed by atoms with Gasteiger partial charge in [-0.25, -0.2) is 11.6 Å². The summed E-state index contributed by atoms with van der Waals surface area (Å²) in [4.78, 5) is 0. The van der Waals surface area contributed by atoms with Crippen LogP contribution in [0.25, 0.3) is 11.1 Å². The molecule has 0 heterocycles. The van der Waals surface area contributed by atoms with Gasteiger partial charge >= 0.3 is 63.8 Å². The molecule has 0 aliphatic heterocycles. The average molecular weight is 440 g/mol. The zero-order valence-corrected chi connectivity index (χ0v) is 19.0. The molecule has 0 atom stereocenters. The standard InChI is InChI=1S/C13H9.C7H9.C7H6.Zr/c1-3-7-12-10(5-1)9-11-6-2-4-8-13(11)12;1-6-3-4-7(2)5-6;1-7-5-3-2-4-6-7;/h1-5,7-8H,9H2;3H,4H2,1-2H3;1-6H;/q2*-1;;+2. The summed E-state index contributed by atoms with van der Waals surface area (Å²) in [5, 5.41) is 0. The Morgan fingerprint density at radius 1 is 0.857 bits per heavy atom. The largest absolute Gasteiger partial charge is 0.179 e. The molecule has 0 spiro atoms. The van der Waals surface area contributed by atoms with Crippen molar-refractivity contribution >= 4 is 3.71 Å². The van der Waals surface area contributed by atoms with Gasteiger partial charge in [-0.15, -0.1) is 5.56 Å². The fraction of sp³-hybridized carbons (Fsp3) is 0.148. The van der Waals surface area contributed by atoms with Crippen molar-refractivity contribution in [3.05, 3.63) is 119 Å². The molecule has 5 rings (SSSR count). The van der Waals surface area contributed by atoms with Crippen molar-refractivity contribution in [2.24, 2.45) is 0 Å². The molecule has 2 aliphatic rings. The van der Waals surface area contributed by atoms with Crippen LogP contribution in [-0.2, 0) is 30.7 Å². The van der Waals surface area contributed by atoms with E-state index in [1.54, 1.807) is 0 Å². The first kappa shape index (κ1) is 20.6. The zero-order valence-electron chi connectivity index (χ0n) is 16.5. The molecule has 0 nitrogen and oxygen atoms in total. The number of hydrogen-bond donors (Lipinski definition) is 0. The fourth-order valence-electron chi connectivity index (χ4n) is 3.29. The number of allylic oxidation sites excluding steroid dienone is 4. The van der Waals surface area contributed by atoms with E-state index in [0.29, 0.717) is 0 Å². The van der Waals surface area contributed by atoms with Crippen LogP contribution in [0.5, 0.6) is 0 Å². The Morgan fingerprint density at radius 3 is 2.18 bits per heavy atom. The SMILES string of the molecule is CC1=[C-]C(C)=CC1.[Zr+2]=[CH]c1ccccc1.[c-]1cccc2c1Cc1ccccc1-2. The van der Waals surface area contributed by atoms with Gasteiger partial charge in [-0.2, -0.15) is 35.4 Å². The molecular formula is C27H24Zr. The maximum atomic E-state index is 3.30. The van der Waals surface area contributed by atoms with Crippen molar-refractivity contribution in [2.75, 3.05) is 0 Å². The van der Waals surface area contributed by atoms with Crippen molar-refractivity contribution in [3.8, 4) is 11.1 Å². The van der Waals surface area contributed by atoms with Gasteiger partial charge in [0.2, 0.25) is 0 Å². The van der Waals surface area contributed by atoms with Gasteiger partial charge in [-0.3, -0.25) is 6.08 Å². The minimum atomic E-state index is 1.05. The van der Waals surface area contributed by atoms with Crippen LogP contribution in [0, 0.1) is 12.1 Å². The molecule has 28 heavy (non-hydrogen) atoms. The van der Waals surface area contributed by atoms with Crippen molar-refractivity contribution in [1.29, 1.82) is 0 Å². The van der Waals surface area contributed by atoms with E-state index >= 15 is 0 Å². The fourth-order valence-corrected chi connectivity index (χ4v) is 3.76. The van der Waals surface area contributed by atoms with E-state index in [4.69, 9.17) is 0 Å². The van der Waals surface area contributed by atoms with Crippen molar-refractivity contribution in [1.82, 2.24) is 0 Å². The molecule has 0 bridgehead atoms. The topological polar surface area (TPSA) is 0 Å². The number of benzene rings is 3. The first-order valence-electron chi connectivity index (χ1n) is 9.57. The molecule has 1 heteroatoms. The average Bonchev–Trinajstić information content (AvgIpc) is 3.31. The zero-order chi connectivity index (χ0) is 19.8. The van der Waals surface area contributed by atoms with Crippen LogP contribution in [0.1, 0.15) is 37.0 Å². The first-order chi connectivity index (χ1) is 13.7. The van der Waals surface area contributed by atoms with Crippen LogP contribution in [0.15, 0.2) is 90.0 Å². The van der Waals surface area contributed by atoms with Crippen LogP contribution >= 0.6 is 0 Å². The Bertz CT molecular complexity index is 950. The van der Waals surface area contributed by atoms with E-state index in [0.717, 1.165) is 12.8 Å². The van der Waals surface area contributed by atoms with Crippen LogP contribution < -0.4 is 0 Å². The van der Waals surface area contributed by atoms with E-state index in [1.165, 1.54) is 63.2 Å². The van der Waals surface area contributed by atoms with E-state index in [9.17, 15) is 0 Å². The number of hydrogen-bond acceptors (Lipinski definition) is 0. The third-order valence-corrected chi connectivity index (χ3v) is 5.53. The summed E-state index contributed by atoms with van der Waals surface area (Å²) in [5.74, 6) is 0. The Kier molecular flexibility index (Phi) is 7.69. The molecule has 0 unspecified atom stereocenters. The second-order valence-corrected chi connectivity index (χ2v) is 7.66. The second-order valence-electron chi connectivity index (χ2n) is 6.95. The predicted octanol–water partition coefficient (Wildman–Crippen LogP) is 6.53. The maximum Gasteiger partial charge on any atom is -0.0253 e. The van der Waals surface area contributed by atoms with Gasteiger partial charge in [0.1, 0.15) is 0 Å². The quantitative estimate of drug-likeness (QED) is 0.296. The van der Waals surface area contributed by atoms with E-state index in [1.807, 2.05) is 12.1 Å². The Hall–Kier alpha value is -2.11. The summed E-state index contributed by atoms with van der Waals surface area (Å²) < 4.78 is 2.17. The van der Waals surface area contributed by atoms with Gasteiger partial charge in [0.15, 0.2) is 0 Å².